The molecule has 0 bridgehead atoms. The van der Waals surface area contributed by atoms with E-state index in [1.54, 1.807) is 7.11 Å². The molecule has 1 aromatic carbocycles. The second-order valence-electron chi connectivity index (χ2n) is 5.30. The van der Waals surface area contributed by atoms with Crippen LogP contribution in [0.3, 0.4) is 0 Å². The zero-order valence-corrected chi connectivity index (χ0v) is 12.4. The highest BCUT2D eigenvalue weighted by molar-refractivity contribution is 5.79. The quantitative estimate of drug-likeness (QED) is 0.790. The number of rotatable bonds is 7. The van der Waals surface area contributed by atoms with Crippen LogP contribution in [0.1, 0.15) is 20.3 Å². The molecule has 0 unspecified atom stereocenters. The Morgan fingerprint density at radius 1 is 1.35 bits per heavy atom. The molecule has 0 saturated carbocycles. The van der Waals surface area contributed by atoms with Crippen molar-refractivity contribution in [1.29, 1.82) is 0 Å². The lowest BCUT2D eigenvalue weighted by Gasteiger charge is -2.09. The number of aromatic nitrogens is 2. The van der Waals surface area contributed by atoms with Crippen LogP contribution in [0, 0.1) is 5.92 Å². The number of nitrogens with two attached hydrogens (primary N) is 1. The fraction of sp³-hybridized carbons (Fsp3) is 0.533. The van der Waals surface area contributed by atoms with Gasteiger partial charge in [-0.1, -0.05) is 13.8 Å². The van der Waals surface area contributed by atoms with Gasteiger partial charge >= 0.3 is 0 Å². The molecule has 5 nitrogen and oxygen atoms in total. The third kappa shape index (κ3) is 3.42. The zero-order valence-electron chi connectivity index (χ0n) is 12.4. The number of hydrogen-bond acceptors (Lipinski definition) is 4. The highest BCUT2D eigenvalue weighted by Gasteiger charge is 2.08. The van der Waals surface area contributed by atoms with Crippen molar-refractivity contribution in [2.24, 2.45) is 5.92 Å². The topological polar surface area (TPSA) is 62.3 Å². The first-order chi connectivity index (χ1) is 9.61. The van der Waals surface area contributed by atoms with Crippen molar-refractivity contribution in [3.8, 4) is 5.75 Å². The predicted molar refractivity (Wildman–Crippen MR) is 81.0 cm³/mol. The molecule has 2 rings (SSSR count). The summed E-state index contributed by atoms with van der Waals surface area (Å²) >= 11 is 0. The minimum absolute atomic E-state index is 0.539. The SMILES string of the molecule is COc1ccc2nc(N)n(CCCOCC(C)C)c2c1. The van der Waals surface area contributed by atoms with Crippen molar-refractivity contribution in [2.45, 2.75) is 26.8 Å². The first kappa shape index (κ1) is 14.7. The number of nitrogen functional groups attached to an aromatic ring is 1. The summed E-state index contributed by atoms with van der Waals surface area (Å²) in [5, 5.41) is 0. The van der Waals surface area contributed by atoms with Crippen molar-refractivity contribution >= 4 is 17.0 Å². The van der Waals surface area contributed by atoms with Gasteiger partial charge in [-0.2, -0.15) is 0 Å². The van der Waals surface area contributed by atoms with Gasteiger partial charge in [0.15, 0.2) is 0 Å². The fourth-order valence-electron chi connectivity index (χ4n) is 2.13. The van der Waals surface area contributed by atoms with Gasteiger partial charge in [0.25, 0.3) is 0 Å². The van der Waals surface area contributed by atoms with E-state index in [4.69, 9.17) is 15.2 Å². The van der Waals surface area contributed by atoms with Crippen LogP contribution < -0.4 is 10.5 Å². The molecule has 0 saturated heterocycles. The normalized spacial score (nSPS) is 11.4. The Kier molecular flexibility index (Phi) is 4.84. The maximum atomic E-state index is 5.98. The van der Waals surface area contributed by atoms with E-state index in [0.29, 0.717) is 11.9 Å². The molecule has 0 aliphatic rings. The molecule has 20 heavy (non-hydrogen) atoms. The molecule has 1 heterocycles. The average molecular weight is 277 g/mol. The largest absolute Gasteiger partial charge is 0.497 e. The molecule has 0 fully saturated rings. The Bertz CT molecular complexity index is 563. The minimum atomic E-state index is 0.539. The van der Waals surface area contributed by atoms with Crippen LogP contribution in [0.25, 0.3) is 11.0 Å². The van der Waals surface area contributed by atoms with Gasteiger partial charge in [-0.3, -0.25) is 0 Å². The van der Waals surface area contributed by atoms with Gasteiger partial charge in [0.1, 0.15) is 5.75 Å². The van der Waals surface area contributed by atoms with E-state index in [9.17, 15) is 0 Å². The Hall–Kier alpha value is -1.75. The summed E-state index contributed by atoms with van der Waals surface area (Å²) in [4.78, 5) is 4.36. The fourth-order valence-corrected chi connectivity index (χ4v) is 2.13. The number of ether oxygens (including phenoxy) is 2. The summed E-state index contributed by atoms with van der Waals surface area (Å²) in [6.45, 7) is 6.63. The molecule has 0 spiro atoms. The lowest BCUT2D eigenvalue weighted by molar-refractivity contribution is 0.105. The summed E-state index contributed by atoms with van der Waals surface area (Å²) < 4.78 is 12.9. The van der Waals surface area contributed by atoms with E-state index in [1.807, 2.05) is 22.8 Å². The van der Waals surface area contributed by atoms with Crippen LogP contribution in [0.2, 0.25) is 0 Å². The van der Waals surface area contributed by atoms with Gasteiger partial charge in [0.2, 0.25) is 5.95 Å². The molecule has 0 amide bonds. The number of nitrogens with zero attached hydrogens (tertiary/aromatic N) is 2. The molecule has 0 aliphatic heterocycles. The van der Waals surface area contributed by atoms with E-state index < -0.39 is 0 Å². The molecule has 0 atom stereocenters. The molecule has 2 N–H and O–H groups in total. The lowest BCUT2D eigenvalue weighted by atomic mass is 10.2. The van der Waals surface area contributed by atoms with Crippen LogP contribution in [0.4, 0.5) is 5.95 Å². The van der Waals surface area contributed by atoms with E-state index >= 15 is 0 Å². The van der Waals surface area contributed by atoms with Gasteiger partial charge in [0, 0.05) is 25.8 Å². The summed E-state index contributed by atoms with van der Waals surface area (Å²) in [7, 11) is 1.66. The molecular formula is C15H23N3O2. The second-order valence-corrected chi connectivity index (χ2v) is 5.30. The number of aryl methyl sites for hydroxylation is 1. The second kappa shape index (κ2) is 6.61. The number of benzene rings is 1. The molecule has 0 radical (unpaired) electrons. The number of imidazole rings is 1. The Labute approximate surface area is 119 Å². The summed E-state index contributed by atoms with van der Waals surface area (Å²) in [5.74, 6) is 1.92. The molecular weight excluding hydrogens is 254 g/mol. The first-order valence-corrected chi connectivity index (χ1v) is 6.99. The van der Waals surface area contributed by atoms with Crippen molar-refractivity contribution < 1.29 is 9.47 Å². The van der Waals surface area contributed by atoms with E-state index in [1.165, 1.54) is 0 Å². The van der Waals surface area contributed by atoms with Crippen LogP contribution in [0.5, 0.6) is 5.75 Å². The van der Waals surface area contributed by atoms with Gasteiger partial charge in [0.05, 0.1) is 18.1 Å². The number of methoxy groups -OCH3 is 1. The van der Waals surface area contributed by atoms with Crippen molar-refractivity contribution in [1.82, 2.24) is 9.55 Å². The molecule has 5 heteroatoms. The standard InChI is InChI=1S/C15H23N3O2/c1-11(2)10-20-8-4-7-18-14-9-12(19-3)5-6-13(14)17-15(18)16/h5-6,9,11H,4,7-8,10H2,1-3H3,(H2,16,17). The summed E-state index contributed by atoms with van der Waals surface area (Å²) in [6.07, 6.45) is 0.916. The van der Waals surface area contributed by atoms with Crippen molar-refractivity contribution in [3.05, 3.63) is 18.2 Å². The van der Waals surface area contributed by atoms with Crippen LogP contribution >= 0.6 is 0 Å². The Balaban J connectivity index is 2.03. The zero-order chi connectivity index (χ0) is 14.5. The van der Waals surface area contributed by atoms with Crippen molar-refractivity contribution in [3.63, 3.8) is 0 Å². The van der Waals surface area contributed by atoms with Crippen molar-refractivity contribution in [2.75, 3.05) is 26.1 Å². The number of fused-ring (bicyclic) bond motifs is 1. The van der Waals surface area contributed by atoms with Crippen LogP contribution in [-0.4, -0.2) is 29.9 Å². The van der Waals surface area contributed by atoms with Crippen LogP contribution in [0.15, 0.2) is 18.2 Å². The molecule has 1 aromatic heterocycles. The number of hydrogen-bond donors (Lipinski definition) is 1. The lowest BCUT2D eigenvalue weighted by Crippen LogP contribution is -2.08. The predicted octanol–water partition coefficient (Wildman–Crippen LogP) is 2.69. The van der Waals surface area contributed by atoms with Gasteiger partial charge in [-0.05, 0) is 24.5 Å². The minimum Gasteiger partial charge on any atom is -0.497 e. The monoisotopic (exact) mass is 277 g/mol. The third-order valence-electron chi connectivity index (χ3n) is 3.11. The third-order valence-corrected chi connectivity index (χ3v) is 3.11. The van der Waals surface area contributed by atoms with E-state index in [0.717, 1.165) is 43.0 Å². The van der Waals surface area contributed by atoms with Crippen LogP contribution in [-0.2, 0) is 11.3 Å². The summed E-state index contributed by atoms with van der Waals surface area (Å²) in [5.41, 5.74) is 7.88. The van der Waals surface area contributed by atoms with E-state index in [-0.39, 0.29) is 0 Å². The average Bonchev–Trinajstić information content (AvgIpc) is 2.73. The Morgan fingerprint density at radius 2 is 2.15 bits per heavy atom. The maximum Gasteiger partial charge on any atom is 0.201 e. The smallest absolute Gasteiger partial charge is 0.201 e. The molecule has 2 aromatic rings. The van der Waals surface area contributed by atoms with E-state index in [2.05, 4.69) is 18.8 Å². The van der Waals surface area contributed by atoms with Gasteiger partial charge < -0.3 is 19.8 Å². The Morgan fingerprint density at radius 3 is 2.85 bits per heavy atom. The summed E-state index contributed by atoms with van der Waals surface area (Å²) in [6, 6.07) is 5.79. The van der Waals surface area contributed by atoms with Gasteiger partial charge in [-0.15, -0.1) is 0 Å². The molecule has 110 valence electrons. The highest BCUT2D eigenvalue weighted by atomic mass is 16.5. The van der Waals surface area contributed by atoms with Gasteiger partial charge in [-0.25, -0.2) is 4.98 Å². The highest BCUT2D eigenvalue weighted by Crippen LogP contribution is 2.23. The molecule has 0 aliphatic carbocycles. The maximum absolute atomic E-state index is 5.98. The number of anilines is 1. The first-order valence-electron chi connectivity index (χ1n) is 6.99.